The molecule has 92 valence electrons. The highest BCUT2D eigenvalue weighted by molar-refractivity contribution is 6.33. The largest absolute Gasteiger partial charge is 0.508 e. The second-order valence-electron chi connectivity index (χ2n) is 4.89. The number of benzene rings is 1. The minimum atomic E-state index is -0.213. The van der Waals surface area contributed by atoms with Crippen LogP contribution in [0.1, 0.15) is 43.0 Å². The van der Waals surface area contributed by atoms with Crippen molar-refractivity contribution < 1.29 is 9.90 Å². The summed E-state index contributed by atoms with van der Waals surface area (Å²) in [5, 5.41) is 12.7. The molecule has 1 amide bonds. The normalized spacial score (nSPS) is 18.0. The zero-order valence-corrected chi connectivity index (χ0v) is 10.5. The maximum absolute atomic E-state index is 12.1. The minimum Gasteiger partial charge on any atom is -0.508 e. The van der Waals surface area contributed by atoms with Gasteiger partial charge in [0.2, 0.25) is 0 Å². The molecule has 0 saturated heterocycles. The Balaban J connectivity index is 2.17. The molecule has 0 aliphatic heterocycles. The fourth-order valence-electron chi connectivity index (χ4n) is 2.31. The summed E-state index contributed by atoms with van der Waals surface area (Å²) in [4.78, 5) is 12.1. The smallest absolute Gasteiger partial charge is 0.253 e. The van der Waals surface area contributed by atoms with Gasteiger partial charge in [0.25, 0.3) is 5.91 Å². The van der Waals surface area contributed by atoms with Gasteiger partial charge < -0.3 is 10.4 Å². The Labute approximate surface area is 106 Å². The van der Waals surface area contributed by atoms with Gasteiger partial charge in [0, 0.05) is 5.54 Å². The molecule has 17 heavy (non-hydrogen) atoms. The van der Waals surface area contributed by atoms with Gasteiger partial charge in [0.05, 0.1) is 10.6 Å². The van der Waals surface area contributed by atoms with Gasteiger partial charge in [-0.1, -0.05) is 24.4 Å². The van der Waals surface area contributed by atoms with E-state index in [1.807, 2.05) is 0 Å². The van der Waals surface area contributed by atoms with E-state index in [0.29, 0.717) is 10.6 Å². The molecule has 0 heterocycles. The number of amides is 1. The van der Waals surface area contributed by atoms with Crippen molar-refractivity contribution in [2.75, 3.05) is 0 Å². The third-order valence-corrected chi connectivity index (χ3v) is 3.65. The Morgan fingerprint density at radius 2 is 2.06 bits per heavy atom. The van der Waals surface area contributed by atoms with E-state index in [9.17, 15) is 9.90 Å². The summed E-state index contributed by atoms with van der Waals surface area (Å²) in [5.74, 6) is -0.161. The third-order valence-electron chi connectivity index (χ3n) is 3.32. The van der Waals surface area contributed by atoms with E-state index in [-0.39, 0.29) is 17.2 Å². The van der Waals surface area contributed by atoms with Crippen LogP contribution in [0.15, 0.2) is 18.2 Å². The third kappa shape index (κ3) is 2.72. The molecular formula is C13H16ClNO2. The van der Waals surface area contributed by atoms with Crippen molar-refractivity contribution in [1.29, 1.82) is 0 Å². The Morgan fingerprint density at radius 1 is 1.41 bits per heavy atom. The molecule has 3 nitrogen and oxygen atoms in total. The number of nitrogens with one attached hydrogen (secondary N) is 1. The van der Waals surface area contributed by atoms with Gasteiger partial charge in [0.15, 0.2) is 0 Å². The summed E-state index contributed by atoms with van der Waals surface area (Å²) >= 11 is 5.95. The van der Waals surface area contributed by atoms with E-state index in [0.717, 1.165) is 25.7 Å². The van der Waals surface area contributed by atoms with Crippen molar-refractivity contribution in [3.05, 3.63) is 28.8 Å². The van der Waals surface area contributed by atoms with Crippen LogP contribution in [0, 0.1) is 0 Å². The van der Waals surface area contributed by atoms with Gasteiger partial charge in [-0.25, -0.2) is 0 Å². The molecule has 0 radical (unpaired) electrons. The average Bonchev–Trinajstić information content (AvgIpc) is 2.68. The van der Waals surface area contributed by atoms with Gasteiger partial charge in [-0.3, -0.25) is 4.79 Å². The van der Waals surface area contributed by atoms with Crippen molar-refractivity contribution in [3.8, 4) is 5.75 Å². The lowest BCUT2D eigenvalue weighted by atomic mass is 10.00. The van der Waals surface area contributed by atoms with Crippen LogP contribution in [0.5, 0.6) is 5.75 Å². The number of carbonyl (C=O) groups is 1. The molecule has 0 spiro atoms. The minimum absolute atomic E-state index is 0.0520. The molecule has 1 aromatic rings. The lowest BCUT2D eigenvalue weighted by Gasteiger charge is -2.25. The van der Waals surface area contributed by atoms with Gasteiger partial charge >= 0.3 is 0 Å². The van der Waals surface area contributed by atoms with Gasteiger partial charge in [-0.05, 0) is 38.0 Å². The molecule has 2 N–H and O–H groups in total. The Kier molecular flexibility index (Phi) is 3.29. The first-order valence-electron chi connectivity index (χ1n) is 5.81. The number of hydrogen-bond acceptors (Lipinski definition) is 2. The monoisotopic (exact) mass is 253 g/mol. The average molecular weight is 254 g/mol. The molecule has 1 fully saturated rings. The lowest BCUT2D eigenvalue weighted by molar-refractivity contribution is 0.0908. The molecule has 4 heteroatoms. The fourth-order valence-corrected chi connectivity index (χ4v) is 2.51. The predicted octanol–water partition coefficient (Wildman–Crippen LogP) is 3.11. The van der Waals surface area contributed by atoms with Crippen LogP contribution >= 0.6 is 11.6 Å². The highest BCUT2D eigenvalue weighted by Gasteiger charge is 2.30. The number of rotatable bonds is 2. The van der Waals surface area contributed by atoms with Crippen LogP contribution in [0.2, 0.25) is 5.02 Å². The Morgan fingerprint density at radius 3 is 2.71 bits per heavy atom. The van der Waals surface area contributed by atoms with Crippen molar-refractivity contribution in [2.24, 2.45) is 0 Å². The van der Waals surface area contributed by atoms with Gasteiger partial charge in [-0.2, -0.15) is 0 Å². The Hall–Kier alpha value is -1.22. The topological polar surface area (TPSA) is 49.3 Å². The number of hydrogen-bond donors (Lipinski definition) is 2. The van der Waals surface area contributed by atoms with E-state index in [1.165, 1.54) is 18.2 Å². The standard InChI is InChI=1S/C13H16ClNO2/c1-13(6-2-3-7-13)15-12(17)10-8-9(16)4-5-11(10)14/h4-5,8,16H,2-3,6-7H2,1H3,(H,15,17). The van der Waals surface area contributed by atoms with Gasteiger partial charge in [0.1, 0.15) is 5.75 Å². The molecule has 0 aromatic heterocycles. The highest BCUT2D eigenvalue weighted by Crippen LogP contribution is 2.30. The molecule has 1 aromatic carbocycles. The molecule has 0 atom stereocenters. The zero-order valence-electron chi connectivity index (χ0n) is 9.79. The molecule has 0 unspecified atom stereocenters. The van der Waals surface area contributed by atoms with Crippen LogP contribution in [-0.2, 0) is 0 Å². The maximum atomic E-state index is 12.1. The number of aromatic hydroxyl groups is 1. The Bertz CT molecular complexity index is 439. The summed E-state index contributed by atoms with van der Waals surface area (Å²) in [6.45, 7) is 2.05. The number of phenolic OH excluding ortho intramolecular Hbond substituents is 1. The first-order valence-corrected chi connectivity index (χ1v) is 6.19. The summed E-state index contributed by atoms with van der Waals surface area (Å²) in [5.41, 5.74) is 0.200. The molecule has 1 saturated carbocycles. The van der Waals surface area contributed by atoms with E-state index in [4.69, 9.17) is 11.6 Å². The van der Waals surface area contributed by atoms with E-state index in [1.54, 1.807) is 0 Å². The maximum Gasteiger partial charge on any atom is 0.253 e. The molecule has 1 aliphatic carbocycles. The summed E-state index contributed by atoms with van der Waals surface area (Å²) < 4.78 is 0. The summed E-state index contributed by atoms with van der Waals surface area (Å²) in [6, 6.07) is 4.40. The molecule has 2 rings (SSSR count). The van der Waals surface area contributed by atoms with Crippen molar-refractivity contribution >= 4 is 17.5 Å². The van der Waals surface area contributed by atoms with Crippen LogP contribution in [-0.4, -0.2) is 16.6 Å². The molecular weight excluding hydrogens is 238 g/mol. The van der Waals surface area contributed by atoms with Crippen molar-refractivity contribution in [2.45, 2.75) is 38.1 Å². The molecule has 0 bridgehead atoms. The van der Waals surface area contributed by atoms with Crippen LogP contribution in [0.4, 0.5) is 0 Å². The SMILES string of the molecule is CC1(NC(=O)c2cc(O)ccc2Cl)CCCC1. The second kappa shape index (κ2) is 4.57. The van der Waals surface area contributed by atoms with E-state index in [2.05, 4.69) is 12.2 Å². The first kappa shape index (κ1) is 12.2. The quantitative estimate of drug-likeness (QED) is 0.851. The molecule has 1 aliphatic rings. The fraction of sp³-hybridized carbons (Fsp3) is 0.462. The number of halogens is 1. The zero-order chi connectivity index (χ0) is 12.5. The van der Waals surface area contributed by atoms with Crippen LogP contribution < -0.4 is 5.32 Å². The second-order valence-corrected chi connectivity index (χ2v) is 5.29. The van der Waals surface area contributed by atoms with E-state index < -0.39 is 0 Å². The van der Waals surface area contributed by atoms with Crippen LogP contribution in [0.3, 0.4) is 0 Å². The summed E-state index contributed by atoms with van der Waals surface area (Å²) in [7, 11) is 0. The van der Waals surface area contributed by atoms with E-state index >= 15 is 0 Å². The van der Waals surface area contributed by atoms with Crippen molar-refractivity contribution in [3.63, 3.8) is 0 Å². The predicted molar refractivity (Wildman–Crippen MR) is 67.5 cm³/mol. The van der Waals surface area contributed by atoms with Gasteiger partial charge in [-0.15, -0.1) is 0 Å². The number of carbonyl (C=O) groups excluding carboxylic acids is 1. The number of phenols is 1. The first-order chi connectivity index (χ1) is 8.00. The lowest BCUT2D eigenvalue weighted by Crippen LogP contribution is -2.43. The van der Waals surface area contributed by atoms with Crippen molar-refractivity contribution in [1.82, 2.24) is 5.32 Å². The summed E-state index contributed by atoms with van der Waals surface area (Å²) in [6.07, 6.45) is 4.28. The van der Waals surface area contributed by atoms with Crippen LogP contribution in [0.25, 0.3) is 0 Å². The highest BCUT2D eigenvalue weighted by atomic mass is 35.5.